The van der Waals surface area contributed by atoms with Crippen LogP contribution in [0.2, 0.25) is 0 Å². The molecule has 4 heterocycles. The van der Waals surface area contributed by atoms with Gasteiger partial charge in [0.25, 0.3) is 23.6 Å². The molecule has 1 fully saturated rings. The van der Waals surface area contributed by atoms with E-state index in [2.05, 4.69) is 44.1 Å². The Morgan fingerprint density at radius 1 is 0.811 bits per heavy atom. The maximum atomic E-state index is 13.2. The van der Waals surface area contributed by atoms with E-state index in [1.807, 2.05) is 24.5 Å². The molecule has 0 spiro atoms. The highest BCUT2D eigenvalue weighted by Gasteiger charge is 2.46. The second kappa shape index (κ2) is 15.4. The van der Waals surface area contributed by atoms with E-state index in [-0.39, 0.29) is 68.5 Å². The second-order valence-corrected chi connectivity index (χ2v) is 12.5. The minimum Gasteiger partial charge on any atom is -0.483 e. The Bertz CT molecular complexity index is 2120. The first-order chi connectivity index (χ1) is 25.8. The average molecular weight is 719 g/mol. The number of rotatable bonds is 14. The Kier molecular flexibility index (Phi) is 10.2. The number of carbonyl (C=O) groups is 6. The Hall–Kier alpha value is -6.48. The highest BCUT2D eigenvalue weighted by Crippen LogP contribution is 2.38. The van der Waals surface area contributed by atoms with Crippen LogP contribution in [-0.4, -0.2) is 95.9 Å². The van der Waals surface area contributed by atoms with Crippen molar-refractivity contribution >= 4 is 35.4 Å². The van der Waals surface area contributed by atoms with Gasteiger partial charge in [0.1, 0.15) is 11.8 Å². The first-order valence-electron chi connectivity index (χ1n) is 17.0. The predicted molar refractivity (Wildman–Crippen MR) is 187 cm³/mol. The summed E-state index contributed by atoms with van der Waals surface area (Å²) < 4.78 is 16.6. The number of aromatic nitrogens is 2. The number of nitrogens with one attached hydrogen (secondary N) is 3. The molecule has 1 unspecified atom stereocenters. The molecule has 1 saturated heterocycles. The van der Waals surface area contributed by atoms with Crippen LogP contribution in [0.25, 0.3) is 22.3 Å². The fraction of sp³-hybridized carbons (Fsp3) is 0.263. The quantitative estimate of drug-likeness (QED) is 0.112. The van der Waals surface area contributed by atoms with Crippen molar-refractivity contribution in [3.63, 3.8) is 0 Å². The van der Waals surface area contributed by atoms with E-state index in [9.17, 15) is 28.8 Å². The number of hydrogen-bond acceptors (Lipinski definition) is 11. The lowest BCUT2D eigenvalue weighted by molar-refractivity contribution is -0.136. The summed E-state index contributed by atoms with van der Waals surface area (Å²) in [6.45, 7) is 0.0930. The third-order valence-electron chi connectivity index (χ3n) is 9.03. The third kappa shape index (κ3) is 7.60. The molecule has 3 aliphatic rings. The van der Waals surface area contributed by atoms with Gasteiger partial charge in [-0.2, -0.15) is 0 Å². The van der Waals surface area contributed by atoms with Crippen LogP contribution < -0.4 is 25.4 Å². The van der Waals surface area contributed by atoms with Gasteiger partial charge < -0.3 is 24.8 Å². The number of amides is 6. The van der Waals surface area contributed by atoms with Crippen molar-refractivity contribution < 1.29 is 43.0 Å². The first-order valence-corrected chi connectivity index (χ1v) is 17.0. The lowest BCUT2D eigenvalue weighted by atomic mass is 10.0. The van der Waals surface area contributed by atoms with Gasteiger partial charge in [-0.3, -0.25) is 44.0 Å². The third-order valence-corrected chi connectivity index (χ3v) is 9.03. The summed E-state index contributed by atoms with van der Waals surface area (Å²) in [4.78, 5) is 84.0. The van der Waals surface area contributed by atoms with Gasteiger partial charge in [-0.05, 0) is 59.4 Å². The summed E-state index contributed by atoms with van der Waals surface area (Å²) in [5.41, 5.74) is 6.87. The fourth-order valence-corrected chi connectivity index (χ4v) is 6.46. The summed E-state index contributed by atoms with van der Waals surface area (Å²) in [6, 6.07) is 15.3. The molecule has 0 radical (unpaired) electrons. The van der Waals surface area contributed by atoms with Gasteiger partial charge in [-0.15, -0.1) is 0 Å². The molecule has 53 heavy (non-hydrogen) atoms. The maximum absolute atomic E-state index is 13.2. The van der Waals surface area contributed by atoms with Crippen LogP contribution in [0.1, 0.15) is 44.7 Å². The molecular formula is C38H34N6O9. The van der Waals surface area contributed by atoms with Gasteiger partial charge in [0.15, 0.2) is 13.2 Å². The van der Waals surface area contributed by atoms with Gasteiger partial charge >= 0.3 is 0 Å². The van der Waals surface area contributed by atoms with Crippen LogP contribution in [0, 0.1) is 0 Å². The van der Waals surface area contributed by atoms with E-state index in [1.165, 1.54) is 40.5 Å². The Morgan fingerprint density at radius 2 is 1.58 bits per heavy atom. The van der Waals surface area contributed by atoms with Crippen molar-refractivity contribution in [2.45, 2.75) is 25.3 Å². The SMILES string of the molecule is O=C(COc1ccc(-c2ccc3c(c2)Cc2ccncc2-3)cn1)NCCOCCNC(=O)COc1cccc2c1C(=O)N(C1CCC(=O)NC1=O)C2=O. The van der Waals surface area contributed by atoms with Crippen molar-refractivity contribution in [3.05, 3.63) is 95.4 Å². The summed E-state index contributed by atoms with van der Waals surface area (Å²) in [7, 11) is 0. The zero-order chi connectivity index (χ0) is 36.9. The summed E-state index contributed by atoms with van der Waals surface area (Å²) in [6.07, 6.45) is 6.32. The highest BCUT2D eigenvalue weighted by atomic mass is 16.5. The molecule has 1 aliphatic carbocycles. The van der Waals surface area contributed by atoms with Gasteiger partial charge in [-0.1, -0.05) is 24.3 Å². The first kappa shape index (κ1) is 34.9. The molecule has 15 nitrogen and oxygen atoms in total. The second-order valence-electron chi connectivity index (χ2n) is 12.5. The summed E-state index contributed by atoms with van der Waals surface area (Å²) >= 11 is 0. The van der Waals surface area contributed by atoms with Crippen molar-refractivity contribution in [1.82, 2.24) is 30.8 Å². The van der Waals surface area contributed by atoms with E-state index in [1.54, 1.807) is 12.3 Å². The summed E-state index contributed by atoms with van der Waals surface area (Å²) in [5, 5.41) is 7.47. The van der Waals surface area contributed by atoms with Gasteiger partial charge in [0, 0.05) is 55.3 Å². The number of imide groups is 2. The fourth-order valence-electron chi connectivity index (χ4n) is 6.46. The van der Waals surface area contributed by atoms with Crippen molar-refractivity contribution in [2.75, 3.05) is 39.5 Å². The highest BCUT2D eigenvalue weighted by molar-refractivity contribution is 6.24. The Labute approximate surface area is 303 Å². The van der Waals surface area contributed by atoms with Gasteiger partial charge in [0.2, 0.25) is 17.7 Å². The van der Waals surface area contributed by atoms with Gasteiger partial charge in [-0.25, -0.2) is 4.98 Å². The maximum Gasteiger partial charge on any atom is 0.266 e. The van der Waals surface area contributed by atoms with E-state index in [4.69, 9.17) is 14.2 Å². The van der Waals surface area contributed by atoms with Crippen molar-refractivity contribution in [1.29, 1.82) is 0 Å². The molecule has 0 bridgehead atoms. The lowest BCUT2D eigenvalue weighted by Crippen LogP contribution is -2.54. The molecule has 2 aliphatic heterocycles. The Balaban J connectivity index is 0.770. The van der Waals surface area contributed by atoms with Crippen LogP contribution in [0.3, 0.4) is 0 Å². The lowest BCUT2D eigenvalue weighted by Gasteiger charge is -2.27. The number of pyridine rings is 2. The van der Waals surface area contributed by atoms with Crippen LogP contribution in [0.5, 0.6) is 11.6 Å². The van der Waals surface area contributed by atoms with Crippen LogP contribution >= 0.6 is 0 Å². The Morgan fingerprint density at radius 3 is 2.34 bits per heavy atom. The number of nitrogens with zero attached hydrogens (tertiary/aromatic N) is 3. The normalized spacial score (nSPS) is 15.7. The molecule has 6 amide bonds. The molecule has 0 saturated carbocycles. The van der Waals surface area contributed by atoms with E-state index >= 15 is 0 Å². The molecule has 2 aromatic carbocycles. The van der Waals surface area contributed by atoms with E-state index < -0.39 is 42.2 Å². The topological polar surface area (TPSA) is 195 Å². The molecule has 3 N–H and O–H groups in total. The molecule has 270 valence electrons. The average Bonchev–Trinajstić information content (AvgIpc) is 3.66. The van der Waals surface area contributed by atoms with Gasteiger partial charge in [0.05, 0.1) is 24.3 Å². The number of benzene rings is 2. The standard InChI is InChI=1S/C38H34N6O9/c45-31-8-7-29(36(48)43-31)44-37(49)27-2-1-3-30(35(27)38(44)50)52-20-32(46)40-12-14-51-15-13-41-33(47)21-53-34-9-5-24(18-42-34)22-4-6-26-25(16-22)17-23-10-11-39-19-28(23)26/h1-6,9-11,16,18-19,29H,7-8,12-15,17,20-21H2,(H,40,46)(H,41,47)(H,43,45,48). The minimum absolute atomic E-state index is 0.00138. The molecule has 15 heteroatoms. The minimum atomic E-state index is -1.11. The number of piperidine rings is 1. The molecule has 1 atom stereocenters. The van der Waals surface area contributed by atoms with E-state index in [0.717, 1.165) is 22.4 Å². The number of hydrogen-bond donors (Lipinski definition) is 3. The van der Waals surface area contributed by atoms with E-state index in [0.29, 0.717) is 5.88 Å². The molecule has 2 aromatic heterocycles. The zero-order valence-electron chi connectivity index (χ0n) is 28.4. The number of fused-ring (bicyclic) bond motifs is 4. The largest absolute Gasteiger partial charge is 0.483 e. The van der Waals surface area contributed by atoms with Crippen LogP contribution in [-0.2, 0) is 30.3 Å². The van der Waals surface area contributed by atoms with Crippen LogP contribution in [0.15, 0.2) is 73.2 Å². The molecular weight excluding hydrogens is 684 g/mol. The molecule has 4 aromatic rings. The summed E-state index contributed by atoms with van der Waals surface area (Å²) in [5.74, 6) is -3.08. The van der Waals surface area contributed by atoms with Crippen molar-refractivity contribution in [3.8, 4) is 33.9 Å². The monoisotopic (exact) mass is 718 g/mol. The molecule has 7 rings (SSSR count). The number of ether oxygens (including phenoxy) is 3. The predicted octanol–water partition coefficient (Wildman–Crippen LogP) is 1.82. The van der Waals surface area contributed by atoms with Crippen molar-refractivity contribution in [2.24, 2.45) is 0 Å². The zero-order valence-corrected chi connectivity index (χ0v) is 28.4. The number of carbonyl (C=O) groups excluding carboxylic acids is 6. The smallest absolute Gasteiger partial charge is 0.266 e. The van der Waals surface area contributed by atoms with Crippen LogP contribution in [0.4, 0.5) is 0 Å².